The third-order valence-corrected chi connectivity index (χ3v) is 5.96. The number of para-hydroxylation sites is 1. The Labute approximate surface area is 156 Å². The first-order valence-electron chi connectivity index (χ1n) is 9.55. The maximum atomic E-state index is 13.0. The monoisotopic (exact) mass is 369 g/mol. The maximum Gasteiger partial charge on any atom is 0.326 e. The normalized spacial score (nSPS) is 24.7. The Morgan fingerprint density at radius 1 is 1.19 bits per heavy atom. The highest BCUT2D eigenvalue weighted by molar-refractivity contribution is 5.85. The molecule has 2 heterocycles. The second-order valence-corrected chi connectivity index (χ2v) is 7.50. The third kappa shape index (κ3) is 3.22. The van der Waals surface area contributed by atoms with Gasteiger partial charge in [-0.1, -0.05) is 25.0 Å². The van der Waals surface area contributed by atoms with E-state index in [4.69, 9.17) is 0 Å². The molecule has 1 aromatic carbocycles. The number of aliphatic carboxylic acids is 1. The van der Waals surface area contributed by atoms with E-state index in [-0.39, 0.29) is 23.8 Å². The van der Waals surface area contributed by atoms with Crippen LogP contribution in [0.1, 0.15) is 38.5 Å². The van der Waals surface area contributed by atoms with Crippen LogP contribution in [0.2, 0.25) is 0 Å². The molecule has 2 aromatic rings. The fourth-order valence-electron chi connectivity index (χ4n) is 4.71. The van der Waals surface area contributed by atoms with Crippen LogP contribution in [0.4, 0.5) is 0 Å². The van der Waals surface area contributed by atoms with Gasteiger partial charge in [0.1, 0.15) is 6.04 Å². The summed E-state index contributed by atoms with van der Waals surface area (Å²) < 4.78 is 1.65. The topological polar surface area (TPSA) is 92.5 Å². The van der Waals surface area contributed by atoms with Crippen molar-refractivity contribution in [1.29, 1.82) is 0 Å². The van der Waals surface area contributed by atoms with E-state index in [1.165, 1.54) is 6.20 Å². The highest BCUT2D eigenvalue weighted by Crippen LogP contribution is 2.40. The molecule has 7 nitrogen and oxygen atoms in total. The summed E-state index contributed by atoms with van der Waals surface area (Å²) in [6.45, 7) is 0.319. The molecule has 27 heavy (non-hydrogen) atoms. The second kappa shape index (κ2) is 7.13. The van der Waals surface area contributed by atoms with Gasteiger partial charge < -0.3 is 10.0 Å². The number of rotatable bonds is 4. The number of hydrogen-bond acceptors (Lipinski definition) is 4. The van der Waals surface area contributed by atoms with Gasteiger partial charge in [-0.15, -0.1) is 0 Å². The molecule has 4 rings (SSSR count). The molecule has 0 spiro atoms. The molecule has 1 saturated heterocycles. The Bertz CT molecular complexity index is 938. The fourth-order valence-corrected chi connectivity index (χ4v) is 4.71. The lowest BCUT2D eigenvalue weighted by Gasteiger charge is -2.33. The van der Waals surface area contributed by atoms with Crippen LogP contribution in [0.15, 0.2) is 35.3 Å². The fraction of sp³-hybridized carbons (Fsp3) is 0.500. The van der Waals surface area contributed by atoms with Crippen LogP contribution in [0.3, 0.4) is 0 Å². The molecular weight excluding hydrogens is 346 g/mol. The minimum atomic E-state index is -0.912. The van der Waals surface area contributed by atoms with Crippen LogP contribution in [0.5, 0.6) is 0 Å². The van der Waals surface area contributed by atoms with E-state index in [1.807, 2.05) is 6.07 Å². The van der Waals surface area contributed by atoms with Gasteiger partial charge in [0.15, 0.2) is 0 Å². The van der Waals surface area contributed by atoms with Crippen LogP contribution in [-0.2, 0) is 16.1 Å². The Morgan fingerprint density at radius 2 is 1.96 bits per heavy atom. The number of carbonyl (C=O) groups is 2. The van der Waals surface area contributed by atoms with Crippen LogP contribution in [-0.4, -0.2) is 43.7 Å². The minimum absolute atomic E-state index is 0.0473. The van der Waals surface area contributed by atoms with Gasteiger partial charge >= 0.3 is 5.97 Å². The van der Waals surface area contributed by atoms with E-state index in [0.29, 0.717) is 29.8 Å². The predicted octanol–water partition coefficient (Wildman–Crippen LogP) is 2.03. The number of fused-ring (bicyclic) bond motifs is 2. The number of nitrogens with zero attached hydrogens (tertiary/aromatic N) is 3. The molecule has 1 aliphatic heterocycles. The van der Waals surface area contributed by atoms with Crippen molar-refractivity contribution in [1.82, 2.24) is 14.7 Å². The third-order valence-electron chi connectivity index (χ3n) is 5.96. The minimum Gasteiger partial charge on any atom is -0.480 e. The number of benzene rings is 1. The van der Waals surface area contributed by atoms with Gasteiger partial charge in [-0.05, 0) is 37.3 Å². The first kappa shape index (κ1) is 17.7. The van der Waals surface area contributed by atoms with Crippen LogP contribution < -0.4 is 5.43 Å². The molecule has 3 atom stereocenters. The highest BCUT2D eigenvalue weighted by atomic mass is 16.4. The van der Waals surface area contributed by atoms with Gasteiger partial charge in [0, 0.05) is 17.8 Å². The molecule has 1 aromatic heterocycles. The van der Waals surface area contributed by atoms with Crippen molar-refractivity contribution < 1.29 is 14.7 Å². The quantitative estimate of drug-likeness (QED) is 0.890. The van der Waals surface area contributed by atoms with Crippen molar-refractivity contribution in [3.63, 3.8) is 0 Å². The smallest absolute Gasteiger partial charge is 0.326 e. The number of hydrogen-bond donors (Lipinski definition) is 1. The molecule has 3 unspecified atom stereocenters. The molecule has 1 N–H and O–H groups in total. The summed E-state index contributed by atoms with van der Waals surface area (Å²) in [6.07, 6.45) is 6.05. The Morgan fingerprint density at radius 3 is 2.78 bits per heavy atom. The summed E-state index contributed by atoms with van der Waals surface area (Å²) >= 11 is 0. The standard InChI is InChI=1S/C20H23N3O4/c24-18-12-21-22(16-8-4-2-6-14(16)18)10-9-19(25)23-15-7-3-1-5-13(15)11-17(23)20(26)27/h2,4,6,8,12-13,15,17H,1,3,5,7,9-11H2,(H,26,27). The molecule has 2 aliphatic rings. The van der Waals surface area contributed by atoms with Gasteiger partial charge in [0.2, 0.25) is 11.3 Å². The zero-order valence-corrected chi connectivity index (χ0v) is 15.1. The number of carboxylic acids is 1. The zero-order chi connectivity index (χ0) is 19.0. The van der Waals surface area contributed by atoms with E-state index in [1.54, 1.807) is 27.8 Å². The van der Waals surface area contributed by atoms with Crippen molar-refractivity contribution in [2.24, 2.45) is 5.92 Å². The summed E-state index contributed by atoms with van der Waals surface area (Å²) in [5.74, 6) is -0.749. The number of amides is 1. The SMILES string of the molecule is O=C(O)C1CC2CCCCC2N1C(=O)CCn1ncc(=O)c2ccccc21. The maximum absolute atomic E-state index is 13.0. The summed E-state index contributed by atoms with van der Waals surface area (Å²) in [5, 5.41) is 14.3. The van der Waals surface area contributed by atoms with E-state index < -0.39 is 12.0 Å². The van der Waals surface area contributed by atoms with Gasteiger partial charge in [-0.25, -0.2) is 4.79 Å². The summed E-state index contributed by atoms with van der Waals surface area (Å²) in [6, 6.07) is 6.50. The first-order valence-corrected chi connectivity index (χ1v) is 9.55. The zero-order valence-electron chi connectivity index (χ0n) is 15.1. The summed E-state index contributed by atoms with van der Waals surface area (Å²) in [7, 11) is 0. The Balaban J connectivity index is 1.54. The number of aromatic nitrogens is 2. The molecular formula is C20H23N3O4. The van der Waals surface area contributed by atoms with E-state index in [9.17, 15) is 19.5 Å². The number of likely N-dealkylation sites (tertiary alicyclic amines) is 1. The van der Waals surface area contributed by atoms with Gasteiger partial charge in [0.25, 0.3) is 0 Å². The predicted molar refractivity (Wildman–Crippen MR) is 99.3 cm³/mol. The number of aryl methyl sites for hydroxylation is 1. The van der Waals surface area contributed by atoms with E-state index in [2.05, 4.69) is 5.10 Å². The van der Waals surface area contributed by atoms with Crippen molar-refractivity contribution in [2.75, 3.05) is 0 Å². The van der Waals surface area contributed by atoms with Gasteiger partial charge in [0.05, 0.1) is 18.3 Å². The molecule has 0 radical (unpaired) electrons. The lowest BCUT2D eigenvalue weighted by atomic mass is 9.84. The van der Waals surface area contributed by atoms with Crippen LogP contribution in [0, 0.1) is 5.92 Å². The van der Waals surface area contributed by atoms with Gasteiger partial charge in [-0.3, -0.25) is 14.3 Å². The highest BCUT2D eigenvalue weighted by Gasteiger charge is 2.47. The van der Waals surface area contributed by atoms with Crippen molar-refractivity contribution >= 4 is 22.8 Å². The second-order valence-electron chi connectivity index (χ2n) is 7.50. The van der Waals surface area contributed by atoms with Crippen molar-refractivity contribution in [3.05, 3.63) is 40.7 Å². The Kier molecular flexibility index (Phi) is 4.68. The molecule has 1 amide bonds. The van der Waals surface area contributed by atoms with E-state index in [0.717, 1.165) is 25.7 Å². The Hall–Kier alpha value is -2.70. The molecule has 0 bridgehead atoms. The number of carboxylic acid groups (broad SMARTS) is 1. The molecule has 2 fully saturated rings. The van der Waals surface area contributed by atoms with Gasteiger partial charge in [-0.2, -0.15) is 5.10 Å². The molecule has 1 aliphatic carbocycles. The lowest BCUT2D eigenvalue weighted by Crippen LogP contribution is -2.46. The molecule has 142 valence electrons. The van der Waals surface area contributed by atoms with Crippen molar-refractivity contribution in [2.45, 2.75) is 57.2 Å². The summed E-state index contributed by atoms with van der Waals surface area (Å²) in [5.41, 5.74) is 0.535. The summed E-state index contributed by atoms with van der Waals surface area (Å²) in [4.78, 5) is 38.2. The largest absolute Gasteiger partial charge is 0.480 e. The van der Waals surface area contributed by atoms with E-state index >= 15 is 0 Å². The average Bonchev–Trinajstić information content (AvgIpc) is 3.07. The van der Waals surface area contributed by atoms with Crippen LogP contribution >= 0.6 is 0 Å². The number of carbonyl (C=O) groups excluding carboxylic acids is 1. The van der Waals surface area contributed by atoms with Crippen LogP contribution in [0.25, 0.3) is 10.9 Å². The average molecular weight is 369 g/mol. The molecule has 7 heteroatoms. The lowest BCUT2D eigenvalue weighted by molar-refractivity contribution is -0.150. The van der Waals surface area contributed by atoms with Crippen molar-refractivity contribution in [3.8, 4) is 0 Å². The molecule has 1 saturated carbocycles. The first-order chi connectivity index (χ1) is 13.1.